The third kappa shape index (κ3) is 1.51. The van der Waals surface area contributed by atoms with E-state index in [0.29, 0.717) is 6.42 Å². The Morgan fingerprint density at radius 2 is 2.45 bits per heavy atom. The molecular weight excluding hydrogens is 142 g/mol. The molecule has 11 heavy (non-hydrogen) atoms. The quantitative estimate of drug-likeness (QED) is 0.558. The molecule has 1 fully saturated rings. The van der Waals surface area contributed by atoms with Gasteiger partial charge in [0.05, 0.1) is 19.1 Å². The lowest BCUT2D eigenvalue weighted by Gasteiger charge is -2.32. The number of carbonyl (C=O) groups excluding carboxylic acids is 1. The van der Waals surface area contributed by atoms with Gasteiger partial charge in [0.25, 0.3) is 0 Å². The molecule has 0 aromatic rings. The Morgan fingerprint density at radius 3 is 2.82 bits per heavy atom. The van der Waals surface area contributed by atoms with E-state index in [1.165, 1.54) is 7.11 Å². The summed E-state index contributed by atoms with van der Waals surface area (Å²) in [7, 11) is 1.39. The fourth-order valence-electron chi connectivity index (χ4n) is 1.39. The van der Waals surface area contributed by atoms with E-state index in [1.807, 2.05) is 0 Å². The Balaban J connectivity index is 2.38. The van der Waals surface area contributed by atoms with Crippen molar-refractivity contribution in [2.45, 2.75) is 19.3 Å². The second kappa shape index (κ2) is 3.38. The van der Waals surface area contributed by atoms with Crippen LogP contribution in [0.25, 0.3) is 0 Å². The van der Waals surface area contributed by atoms with Gasteiger partial charge in [-0.15, -0.1) is 0 Å². The number of nitrogens with zero attached hydrogens (tertiary/aromatic N) is 1. The first-order chi connectivity index (χ1) is 5.29. The SMILES string of the molecule is COC(=O)C1CCC1CC#N. The minimum atomic E-state index is -0.156. The molecule has 1 aliphatic carbocycles. The largest absolute Gasteiger partial charge is 0.469 e. The lowest BCUT2D eigenvalue weighted by molar-refractivity contribution is -0.151. The monoisotopic (exact) mass is 153 g/mol. The normalized spacial score (nSPS) is 28.4. The van der Waals surface area contributed by atoms with Crippen LogP contribution in [0, 0.1) is 23.2 Å². The van der Waals surface area contributed by atoms with Crippen LogP contribution in [0.5, 0.6) is 0 Å². The molecule has 0 heterocycles. The third-order valence-electron chi connectivity index (χ3n) is 2.27. The number of ether oxygens (including phenoxy) is 1. The van der Waals surface area contributed by atoms with E-state index in [9.17, 15) is 4.79 Å². The first-order valence-electron chi connectivity index (χ1n) is 3.74. The summed E-state index contributed by atoms with van der Waals surface area (Å²) in [5.74, 6) is 0.101. The Kier molecular flexibility index (Phi) is 2.48. The summed E-state index contributed by atoms with van der Waals surface area (Å²) in [5, 5.41) is 8.37. The van der Waals surface area contributed by atoms with E-state index in [2.05, 4.69) is 10.8 Å². The van der Waals surface area contributed by atoms with Crippen LogP contribution < -0.4 is 0 Å². The van der Waals surface area contributed by atoms with Crippen LogP contribution in [0.15, 0.2) is 0 Å². The van der Waals surface area contributed by atoms with Gasteiger partial charge >= 0.3 is 5.97 Å². The summed E-state index contributed by atoms with van der Waals surface area (Å²) in [6, 6.07) is 2.07. The minimum absolute atomic E-state index is 0.000324. The zero-order chi connectivity index (χ0) is 8.27. The smallest absolute Gasteiger partial charge is 0.308 e. The van der Waals surface area contributed by atoms with Gasteiger partial charge in [-0.05, 0) is 18.8 Å². The number of rotatable bonds is 2. The molecule has 0 aromatic carbocycles. The summed E-state index contributed by atoms with van der Waals surface area (Å²) >= 11 is 0. The van der Waals surface area contributed by atoms with E-state index < -0.39 is 0 Å². The highest BCUT2D eigenvalue weighted by Crippen LogP contribution is 2.37. The maximum absolute atomic E-state index is 10.9. The summed E-state index contributed by atoms with van der Waals surface area (Å²) in [5.41, 5.74) is 0. The molecule has 1 saturated carbocycles. The molecule has 0 aromatic heterocycles. The van der Waals surface area contributed by atoms with E-state index >= 15 is 0 Å². The minimum Gasteiger partial charge on any atom is -0.469 e. The Labute approximate surface area is 66.0 Å². The first-order valence-corrected chi connectivity index (χ1v) is 3.74. The van der Waals surface area contributed by atoms with Crippen molar-refractivity contribution in [2.24, 2.45) is 11.8 Å². The number of esters is 1. The molecule has 3 heteroatoms. The van der Waals surface area contributed by atoms with E-state index in [1.54, 1.807) is 0 Å². The van der Waals surface area contributed by atoms with Crippen molar-refractivity contribution in [3.05, 3.63) is 0 Å². The van der Waals surface area contributed by atoms with E-state index in [0.717, 1.165) is 12.8 Å². The van der Waals surface area contributed by atoms with Gasteiger partial charge in [0.1, 0.15) is 0 Å². The van der Waals surface area contributed by atoms with Crippen LogP contribution >= 0.6 is 0 Å². The van der Waals surface area contributed by atoms with Crippen LogP contribution in [-0.4, -0.2) is 13.1 Å². The molecule has 0 amide bonds. The molecule has 0 saturated heterocycles. The summed E-state index contributed by atoms with van der Waals surface area (Å²) < 4.78 is 4.58. The second-order valence-corrected chi connectivity index (χ2v) is 2.83. The number of hydrogen-bond donors (Lipinski definition) is 0. The number of nitriles is 1. The van der Waals surface area contributed by atoms with Crippen molar-refractivity contribution < 1.29 is 9.53 Å². The van der Waals surface area contributed by atoms with Gasteiger partial charge in [0.2, 0.25) is 0 Å². The van der Waals surface area contributed by atoms with Crippen LogP contribution in [0.4, 0.5) is 0 Å². The van der Waals surface area contributed by atoms with E-state index in [4.69, 9.17) is 5.26 Å². The van der Waals surface area contributed by atoms with E-state index in [-0.39, 0.29) is 17.8 Å². The number of carbonyl (C=O) groups is 1. The maximum atomic E-state index is 10.9. The molecule has 0 aliphatic heterocycles. The number of methoxy groups -OCH3 is 1. The van der Waals surface area contributed by atoms with Gasteiger partial charge in [-0.2, -0.15) is 5.26 Å². The topological polar surface area (TPSA) is 50.1 Å². The maximum Gasteiger partial charge on any atom is 0.308 e. The predicted molar refractivity (Wildman–Crippen MR) is 38.5 cm³/mol. The van der Waals surface area contributed by atoms with Crippen molar-refractivity contribution in [3.8, 4) is 6.07 Å². The molecule has 1 aliphatic rings. The van der Waals surface area contributed by atoms with Gasteiger partial charge in [-0.25, -0.2) is 0 Å². The summed E-state index contributed by atoms with van der Waals surface area (Å²) in [4.78, 5) is 10.9. The lowest BCUT2D eigenvalue weighted by Crippen LogP contribution is -2.33. The molecule has 60 valence electrons. The Hall–Kier alpha value is -1.04. The van der Waals surface area contributed by atoms with Crippen molar-refractivity contribution in [1.82, 2.24) is 0 Å². The Bertz CT molecular complexity index is 195. The third-order valence-corrected chi connectivity index (χ3v) is 2.27. The fourth-order valence-corrected chi connectivity index (χ4v) is 1.39. The zero-order valence-corrected chi connectivity index (χ0v) is 6.54. The van der Waals surface area contributed by atoms with Gasteiger partial charge in [-0.1, -0.05) is 0 Å². The molecule has 3 nitrogen and oxygen atoms in total. The van der Waals surface area contributed by atoms with Crippen molar-refractivity contribution in [1.29, 1.82) is 5.26 Å². The Morgan fingerprint density at radius 1 is 1.73 bits per heavy atom. The van der Waals surface area contributed by atoms with Gasteiger partial charge in [0.15, 0.2) is 0 Å². The molecular formula is C8H11NO2. The molecule has 0 radical (unpaired) electrons. The van der Waals surface area contributed by atoms with Gasteiger partial charge < -0.3 is 4.74 Å². The van der Waals surface area contributed by atoms with Gasteiger partial charge in [-0.3, -0.25) is 4.79 Å². The highest BCUT2D eigenvalue weighted by molar-refractivity contribution is 5.73. The average molecular weight is 153 g/mol. The molecule has 1 rings (SSSR count). The zero-order valence-electron chi connectivity index (χ0n) is 6.54. The standard InChI is InChI=1S/C8H11NO2/c1-11-8(10)7-3-2-6(7)4-5-9/h6-7H,2-4H2,1H3. The lowest BCUT2D eigenvalue weighted by atomic mass is 9.72. The average Bonchev–Trinajstić information content (AvgIpc) is 1.98. The highest BCUT2D eigenvalue weighted by Gasteiger charge is 2.36. The molecule has 0 bridgehead atoms. The molecule has 0 N–H and O–H groups in total. The van der Waals surface area contributed by atoms with Crippen LogP contribution in [0.1, 0.15) is 19.3 Å². The van der Waals surface area contributed by atoms with Crippen LogP contribution in [0.3, 0.4) is 0 Å². The summed E-state index contributed by atoms with van der Waals surface area (Å²) in [6.07, 6.45) is 2.37. The first kappa shape index (κ1) is 8.06. The van der Waals surface area contributed by atoms with Gasteiger partial charge in [0, 0.05) is 6.42 Å². The molecule has 2 atom stereocenters. The predicted octanol–water partition coefficient (Wildman–Crippen LogP) is 1.10. The molecule has 0 spiro atoms. The second-order valence-electron chi connectivity index (χ2n) is 2.83. The highest BCUT2D eigenvalue weighted by atomic mass is 16.5. The van der Waals surface area contributed by atoms with Crippen molar-refractivity contribution >= 4 is 5.97 Å². The fraction of sp³-hybridized carbons (Fsp3) is 0.750. The van der Waals surface area contributed by atoms with Crippen molar-refractivity contribution in [2.75, 3.05) is 7.11 Å². The van der Waals surface area contributed by atoms with Crippen LogP contribution in [-0.2, 0) is 9.53 Å². The molecule has 2 unspecified atom stereocenters. The summed E-state index contributed by atoms with van der Waals surface area (Å²) in [6.45, 7) is 0. The number of hydrogen-bond acceptors (Lipinski definition) is 3. The van der Waals surface area contributed by atoms with Crippen LogP contribution in [0.2, 0.25) is 0 Å². The van der Waals surface area contributed by atoms with Crippen molar-refractivity contribution in [3.63, 3.8) is 0 Å².